The second-order valence-corrected chi connectivity index (χ2v) is 7.79. The molecule has 3 rings (SSSR count). The van der Waals surface area contributed by atoms with E-state index in [1.54, 1.807) is 17.4 Å². The number of amides is 1. The van der Waals surface area contributed by atoms with Crippen molar-refractivity contribution in [3.05, 3.63) is 34.0 Å². The fraction of sp³-hybridized carbons (Fsp3) is 0.579. The Morgan fingerprint density at radius 1 is 1.50 bits per heavy atom. The topological polar surface area (TPSA) is 53.9 Å². The fourth-order valence-corrected chi connectivity index (χ4v) is 4.68. The van der Waals surface area contributed by atoms with E-state index in [1.807, 2.05) is 19.2 Å². The molecular weight excluding hydrogens is 370 g/mol. The van der Waals surface area contributed by atoms with Crippen LogP contribution < -0.4 is 5.32 Å². The normalized spacial score (nSPS) is 27.3. The number of rotatable bonds is 6. The maximum absolute atomic E-state index is 11.7. The van der Waals surface area contributed by atoms with Crippen molar-refractivity contribution in [3.63, 3.8) is 0 Å². The van der Waals surface area contributed by atoms with Gasteiger partial charge in [-0.15, -0.1) is 23.7 Å². The van der Waals surface area contributed by atoms with Gasteiger partial charge in [0.25, 0.3) is 0 Å². The zero-order chi connectivity index (χ0) is 17.9. The summed E-state index contributed by atoms with van der Waals surface area (Å²) in [4.78, 5) is 20.7. The standard InChI is InChI=1S/C19H27N3O2S.ClH/c1-4-19(9-7-18(23)21-14(19)2)16-8-12-25-17(16)13-20-24-15(3)22-10-5-6-11-22;/h7-9,12-15H,4-6,10-11H2,1-3H3,(H,21,23);1H/b20-13+;. The van der Waals surface area contributed by atoms with E-state index >= 15 is 0 Å². The summed E-state index contributed by atoms with van der Waals surface area (Å²) in [6.07, 6.45) is 8.91. The van der Waals surface area contributed by atoms with Crippen molar-refractivity contribution in [1.29, 1.82) is 0 Å². The molecule has 3 atom stereocenters. The number of thiophene rings is 1. The van der Waals surface area contributed by atoms with E-state index in [0.717, 1.165) is 24.4 Å². The molecule has 144 valence electrons. The van der Waals surface area contributed by atoms with Crippen LogP contribution >= 0.6 is 23.7 Å². The Kier molecular flexibility index (Phi) is 7.26. The first-order chi connectivity index (χ1) is 12.1. The number of hydrogen-bond donors (Lipinski definition) is 1. The van der Waals surface area contributed by atoms with Crippen LogP contribution in [0.25, 0.3) is 0 Å². The van der Waals surface area contributed by atoms with Crippen molar-refractivity contribution < 1.29 is 9.63 Å². The van der Waals surface area contributed by atoms with Crippen molar-refractivity contribution >= 4 is 35.9 Å². The summed E-state index contributed by atoms with van der Waals surface area (Å²) in [6.45, 7) is 8.44. The highest BCUT2D eigenvalue weighted by Gasteiger charge is 2.39. The quantitative estimate of drug-likeness (QED) is 0.588. The highest BCUT2D eigenvalue weighted by molar-refractivity contribution is 7.11. The van der Waals surface area contributed by atoms with E-state index in [2.05, 4.69) is 40.7 Å². The minimum atomic E-state index is -0.199. The highest BCUT2D eigenvalue weighted by Crippen LogP contribution is 2.38. The maximum atomic E-state index is 11.7. The van der Waals surface area contributed by atoms with Gasteiger partial charge < -0.3 is 10.2 Å². The Labute approximate surface area is 165 Å². The number of nitrogens with zero attached hydrogens (tertiary/aromatic N) is 2. The minimum absolute atomic E-state index is 0. The summed E-state index contributed by atoms with van der Waals surface area (Å²) in [7, 11) is 0. The molecule has 1 amide bonds. The Balaban J connectivity index is 0.00000243. The monoisotopic (exact) mass is 397 g/mol. The Morgan fingerprint density at radius 2 is 2.23 bits per heavy atom. The first-order valence-electron chi connectivity index (χ1n) is 9.08. The van der Waals surface area contributed by atoms with Crippen LogP contribution in [0.1, 0.15) is 50.5 Å². The number of hydrogen-bond acceptors (Lipinski definition) is 5. The van der Waals surface area contributed by atoms with Crippen molar-refractivity contribution in [2.45, 2.75) is 57.7 Å². The first-order valence-corrected chi connectivity index (χ1v) is 9.95. The van der Waals surface area contributed by atoms with E-state index in [4.69, 9.17) is 4.84 Å². The summed E-state index contributed by atoms with van der Waals surface area (Å²) in [5.74, 6) is -0.0233. The molecular formula is C19H28ClN3O2S. The molecule has 0 spiro atoms. The van der Waals surface area contributed by atoms with Crippen LogP contribution in [0.3, 0.4) is 0 Å². The molecule has 26 heavy (non-hydrogen) atoms. The third-order valence-electron chi connectivity index (χ3n) is 5.48. The lowest BCUT2D eigenvalue weighted by molar-refractivity contribution is -0.118. The van der Waals surface area contributed by atoms with Crippen molar-refractivity contribution in [2.24, 2.45) is 5.16 Å². The summed E-state index contributed by atoms with van der Waals surface area (Å²) < 4.78 is 0. The molecule has 0 radical (unpaired) electrons. The smallest absolute Gasteiger partial charge is 0.243 e. The van der Waals surface area contributed by atoms with E-state index in [-0.39, 0.29) is 36.0 Å². The average Bonchev–Trinajstić information content (AvgIpc) is 3.27. The highest BCUT2D eigenvalue weighted by atomic mass is 35.5. The zero-order valence-electron chi connectivity index (χ0n) is 15.6. The van der Waals surface area contributed by atoms with Crippen molar-refractivity contribution in [3.8, 4) is 0 Å². The van der Waals surface area contributed by atoms with Crippen LogP contribution in [0.5, 0.6) is 0 Å². The summed E-state index contributed by atoms with van der Waals surface area (Å²) in [5, 5.41) is 9.37. The molecule has 1 aromatic heterocycles. The number of likely N-dealkylation sites (tertiary alicyclic amines) is 1. The van der Waals surface area contributed by atoms with Gasteiger partial charge in [0.2, 0.25) is 5.91 Å². The molecule has 0 aliphatic carbocycles. The van der Waals surface area contributed by atoms with E-state index in [0.29, 0.717) is 0 Å². The third kappa shape index (κ3) is 4.13. The van der Waals surface area contributed by atoms with Crippen molar-refractivity contribution in [2.75, 3.05) is 13.1 Å². The van der Waals surface area contributed by atoms with Crippen LogP contribution in [0.4, 0.5) is 0 Å². The lowest BCUT2D eigenvalue weighted by atomic mass is 9.71. The lowest BCUT2D eigenvalue weighted by Crippen LogP contribution is -2.50. The van der Waals surface area contributed by atoms with Gasteiger partial charge in [0.15, 0.2) is 6.23 Å². The van der Waals surface area contributed by atoms with E-state index in [9.17, 15) is 4.79 Å². The summed E-state index contributed by atoms with van der Waals surface area (Å²) in [5.41, 5.74) is 1.00. The van der Waals surface area contributed by atoms with Crippen LogP contribution in [0, 0.1) is 0 Å². The van der Waals surface area contributed by atoms with Gasteiger partial charge >= 0.3 is 0 Å². The fourth-order valence-electron chi connectivity index (χ4n) is 3.84. The number of oxime groups is 1. The maximum Gasteiger partial charge on any atom is 0.243 e. The molecule has 7 heteroatoms. The van der Waals surface area contributed by atoms with Gasteiger partial charge in [0, 0.05) is 24.5 Å². The number of carbonyl (C=O) groups excluding carboxylic acids is 1. The molecule has 5 nitrogen and oxygen atoms in total. The molecule has 3 unspecified atom stereocenters. The van der Waals surface area contributed by atoms with E-state index < -0.39 is 0 Å². The number of carbonyl (C=O) groups is 1. The van der Waals surface area contributed by atoms with Gasteiger partial charge in [-0.3, -0.25) is 9.69 Å². The van der Waals surface area contributed by atoms with Gasteiger partial charge in [-0.1, -0.05) is 18.2 Å². The lowest BCUT2D eigenvalue weighted by Gasteiger charge is -2.39. The van der Waals surface area contributed by atoms with Gasteiger partial charge in [-0.25, -0.2) is 0 Å². The minimum Gasteiger partial charge on any atom is -0.377 e. The summed E-state index contributed by atoms with van der Waals surface area (Å²) >= 11 is 1.65. The predicted molar refractivity (Wildman–Crippen MR) is 109 cm³/mol. The Hall–Kier alpha value is -1.37. The van der Waals surface area contributed by atoms with Crippen molar-refractivity contribution in [1.82, 2.24) is 10.2 Å². The van der Waals surface area contributed by atoms with Gasteiger partial charge in [-0.2, -0.15) is 0 Å². The molecule has 0 saturated carbocycles. The van der Waals surface area contributed by atoms with Gasteiger partial charge in [-0.05, 0) is 56.2 Å². The second kappa shape index (κ2) is 9.02. The number of halogens is 1. The molecule has 1 saturated heterocycles. The van der Waals surface area contributed by atoms with Crippen LogP contribution in [-0.2, 0) is 15.0 Å². The van der Waals surface area contributed by atoms with Crippen LogP contribution in [0.2, 0.25) is 0 Å². The largest absolute Gasteiger partial charge is 0.377 e. The molecule has 1 fully saturated rings. The molecule has 0 bridgehead atoms. The third-order valence-corrected chi connectivity index (χ3v) is 6.33. The summed E-state index contributed by atoms with van der Waals surface area (Å²) in [6, 6.07) is 2.18. The predicted octanol–water partition coefficient (Wildman–Crippen LogP) is 3.68. The zero-order valence-corrected chi connectivity index (χ0v) is 17.2. The van der Waals surface area contributed by atoms with Gasteiger partial charge in [0.05, 0.1) is 11.1 Å². The SMILES string of the molecule is CCC1(c2ccsc2/C=N/OC(C)N2CCCC2)C=CC(=O)NC1C.Cl. The molecule has 2 aliphatic rings. The molecule has 1 N–H and O–H groups in total. The average molecular weight is 398 g/mol. The van der Waals surface area contributed by atoms with E-state index in [1.165, 1.54) is 18.4 Å². The van der Waals surface area contributed by atoms with Crippen LogP contribution in [-0.4, -0.2) is 42.4 Å². The molecule has 1 aromatic rings. The first kappa shape index (κ1) is 20.9. The van der Waals surface area contributed by atoms with Gasteiger partial charge in [0.1, 0.15) is 0 Å². The van der Waals surface area contributed by atoms with Crippen LogP contribution in [0.15, 0.2) is 28.8 Å². The Morgan fingerprint density at radius 3 is 2.88 bits per heavy atom. The Bertz CT molecular complexity index is 669. The molecule has 3 heterocycles. The second-order valence-electron chi connectivity index (χ2n) is 6.84. The molecule has 2 aliphatic heterocycles. The number of nitrogens with one attached hydrogen (secondary N) is 1. The molecule has 0 aromatic carbocycles.